The summed E-state index contributed by atoms with van der Waals surface area (Å²) in [5, 5.41) is 0. The Bertz CT molecular complexity index is 1100. The van der Waals surface area contributed by atoms with E-state index in [0.717, 1.165) is 18.5 Å². The summed E-state index contributed by atoms with van der Waals surface area (Å²) >= 11 is 0. The number of allylic oxidation sites excluding steroid dienone is 10. The fraction of sp³-hybridized carbons (Fsp3) is 0.484. The van der Waals surface area contributed by atoms with Crippen molar-refractivity contribution >= 4 is 5.69 Å². The van der Waals surface area contributed by atoms with Crippen LogP contribution < -0.4 is 5.73 Å². The van der Waals surface area contributed by atoms with E-state index in [4.69, 9.17) is 5.73 Å². The molecular weight excluding hydrogens is 386 g/mol. The molecule has 1 heteroatoms. The topological polar surface area (TPSA) is 26.0 Å². The Kier molecular flexibility index (Phi) is 4.97. The number of benzene rings is 1. The minimum absolute atomic E-state index is 0.0516. The molecule has 0 aliphatic heterocycles. The Morgan fingerprint density at radius 3 is 2.53 bits per heavy atom. The third-order valence-corrected chi connectivity index (χ3v) is 9.04. The highest BCUT2D eigenvalue weighted by atomic mass is 14.6. The van der Waals surface area contributed by atoms with E-state index in [1.165, 1.54) is 29.5 Å². The summed E-state index contributed by atoms with van der Waals surface area (Å²) in [6.45, 7) is 14.6. The van der Waals surface area contributed by atoms with Gasteiger partial charge in [-0.15, -0.1) is 0 Å². The molecule has 2 N–H and O–H groups in total. The van der Waals surface area contributed by atoms with Crippen molar-refractivity contribution in [2.45, 2.75) is 73.1 Å². The molecule has 5 rings (SSSR count). The Morgan fingerprint density at radius 2 is 1.78 bits per heavy atom. The molecule has 0 bridgehead atoms. The highest BCUT2D eigenvalue weighted by Crippen LogP contribution is 2.66. The number of aryl methyl sites for hydroxylation is 1. The summed E-state index contributed by atoms with van der Waals surface area (Å²) in [7, 11) is 0. The van der Waals surface area contributed by atoms with Gasteiger partial charge in [-0.05, 0) is 78.4 Å². The molecule has 0 aromatic heterocycles. The molecular formula is C31H39N. The second kappa shape index (κ2) is 7.37. The van der Waals surface area contributed by atoms with Gasteiger partial charge in [0.25, 0.3) is 0 Å². The molecule has 4 aliphatic rings. The van der Waals surface area contributed by atoms with Crippen LogP contribution in [0.15, 0.2) is 76.4 Å². The Morgan fingerprint density at radius 1 is 1.00 bits per heavy atom. The van der Waals surface area contributed by atoms with E-state index in [9.17, 15) is 0 Å². The van der Waals surface area contributed by atoms with Crippen LogP contribution in [0.25, 0.3) is 0 Å². The Hall–Kier alpha value is -2.28. The molecule has 32 heavy (non-hydrogen) atoms. The number of nitrogen functional groups attached to an aromatic ring is 1. The number of hydrogen-bond donors (Lipinski definition) is 1. The maximum Gasteiger partial charge on any atom is 0.0352 e. The number of fused-ring (bicyclic) bond motifs is 1. The molecule has 0 spiro atoms. The minimum atomic E-state index is -0.0516. The summed E-state index contributed by atoms with van der Waals surface area (Å²) in [6.07, 6.45) is 17.1. The van der Waals surface area contributed by atoms with Gasteiger partial charge in [-0.3, -0.25) is 0 Å². The van der Waals surface area contributed by atoms with Crippen LogP contribution in [0.4, 0.5) is 5.69 Å². The predicted molar refractivity (Wildman–Crippen MR) is 137 cm³/mol. The second-order valence-corrected chi connectivity index (χ2v) is 11.4. The van der Waals surface area contributed by atoms with Gasteiger partial charge in [-0.1, -0.05) is 88.3 Å². The highest BCUT2D eigenvalue weighted by Gasteiger charge is 2.53. The zero-order chi connectivity index (χ0) is 22.8. The first-order chi connectivity index (χ1) is 15.2. The van der Waals surface area contributed by atoms with Crippen LogP contribution >= 0.6 is 0 Å². The van der Waals surface area contributed by atoms with Gasteiger partial charge >= 0.3 is 0 Å². The van der Waals surface area contributed by atoms with E-state index in [1.54, 1.807) is 22.3 Å². The van der Waals surface area contributed by atoms with Crippen molar-refractivity contribution < 1.29 is 0 Å². The van der Waals surface area contributed by atoms with Crippen LogP contribution in [-0.2, 0) is 0 Å². The largest absolute Gasteiger partial charge is 0.398 e. The SMILES string of the molecule is Cc1cccc(N)c1C1[C@@H](C)C=CC2=C[C@H](C)CCC3=C2C1(C)C1=C(C=CCC1)C3(C)C. The summed E-state index contributed by atoms with van der Waals surface area (Å²) in [4.78, 5) is 0. The summed E-state index contributed by atoms with van der Waals surface area (Å²) in [5.41, 5.74) is 18.4. The average Bonchev–Trinajstić information content (AvgIpc) is 2.98. The lowest BCUT2D eigenvalue weighted by Gasteiger charge is -2.53. The van der Waals surface area contributed by atoms with E-state index in [1.807, 2.05) is 0 Å². The van der Waals surface area contributed by atoms with Gasteiger partial charge in [0.15, 0.2) is 0 Å². The van der Waals surface area contributed by atoms with Gasteiger partial charge in [0.2, 0.25) is 0 Å². The fourth-order valence-corrected chi connectivity index (χ4v) is 7.54. The smallest absolute Gasteiger partial charge is 0.0352 e. The van der Waals surface area contributed by atoms with Gasteiger partial charge in [0, 0.05) is 22.4 Å². The first kappa shape index (κ1) is 21.6. The first-order valence-corrected chi connectivity index (χ1v) is 12.6. The van der Waals surface area contributed by atoms with E-state index in [0.29, 0.717) is 17.8 Å². The maximum atomic E-state index is 6.75. The van der Waals surface area contributed by atoms with E-state index in [2.05, 4.69) is 90.1 Å². The molecule has 168 valence electrons. The maximum absolute atomic E-state index is 6.75. The normalized spacial score (nSPS) is 33.3. The zero-order valence-electron chi connectivity index (χ0n) is 20.8. The van der Waals surface area contributed by atoms with Crippen LogP contribution in [0.2, 0.25) is 0 Å². The third kappa shape index (κ3) is 2.89. The quantitative estimate of drug-likeness (QED) is 0.451. The van der Waals surface area contributed by atoms with Crippen molar-refractivity contribution in [2.75, 3.05) is 5.73 Å². The average molecular weight is 426 g/mol. The number of nitrogens with two attached hydrogens (primary N) is 1. The molecule has 0 amide bonds. The molecule has 0 fully saturated rings. The van der Waals surface area contributed by atoms with E-state index < -0.39 is 0 Å². The molecule has 0 heterocycles. The lowest BCUT2D eigenvalue weighted by Crippen LogP contribution is -2.42. The number of anilines is 1. The fourth-order valence-electron chi connectivity index (χ4n) is 7.54. The van der Waals surface area contributed by atoms with Crippen LogP contribution in [0, 0.1) is 29.6 Å². The molecule has 4 atom stereocenters. The molecule has 1 nitrogen and oxygen atoms in total. The van der Waals surface area contributed by atoms with Gasteiger partial charge in [0.05, 0.1) is 0 Å². The number of hydrogen-bond acceptors (Lipinski definition) is 1. The summed E-state index contributed by atoms with van der Waals surface area (Å²) < 4.78 is 0. The minimum Gasteiger partial charge on any atom is -0.398 e. The molecule has 1 aromatic rings. The summed E-state index contributed by atoms with van der Waals surface area (Å²) in [6, 6.07) is 6.46. The standard InChI is InChI=1S/C31H39N/c1-19-14-17-25-29-22(18-19)16-15-21(3)28(27-20(2)10-9-13-26(27)32)31(29,6)24-12-8-7-11-23(24)30(25,4)5/h7,9-11,13,15-16,18-19,21,28H,8,12,14,17,32H2,1-6H3/t19-,21+,28?,31?/m1/s1. The molecule has 4 aliphatic carbocycles. The van der Waals surface area contributed by atoms with Crippen molar-refractivity contribution in [1.29, 1.82) is 0 Å². The van der Waals surface area contributed by atoms with Gasteiger partial charge < -0.3 is 5.73 Å². The monoisotopic (exact) mass is 425 g/mol. The van der Waals surface area contributed by atoms with Gasteiger partial charge in [0.1, 0.15) is 0 Å². The number of rotatable bonds is 1. The lowest BCUT2D eigenvalue weighted by atomic mass is 9.50. The predicted octanol–water partition coefficient (Wildman–Crippen LogP) is 8.21. The van der Waals surface area contributed by atoms with Crippen molar-refractivity contribution in [1.82, 2.24) is 0 Å². The Balaban J connectivity index is 1.90. The van der Waals surface area contributed by atoms with Crippen LogP contribution in [0.5, 0.6) is 0 Å². The van der Waals surface area contributed by atoms with E-state index in [-0.39, 0.29) is 10.8 Å². The third-order valence-electron chi connectivity index (χ3n) is 9.04. The van der Waals surface area contributed by atoms with Gasteiger partial charge in [-0.25, -0.2) is 0 Å². The molecule has 0 saturated carbocycles. The summed E-state index contributed by atoms with van der Waals surface area (Å²) in [5.74, 6) is 1.33. The molecule has 2 unspecified atom stereocenters. The van der Waals surface area contributed by atoms with Crippen LogP contribution in [0.3, 0.4) is 0 Å². The van der Waals surface area contributed by atoms with Crippen LogP contribution in [0.1, 0.15) is 77.3 Å². The highest BCUT2D eigenvalue weighted by molar-refractivity contribution is 5.66. The van der Waals surface area contributed by atoms with Crippen molar-refractivity contribution in [3.63, 3.8) is 0 Å². The van der Waals surface area contributed by atoms with Crippen molar-refractivity contribution in [2.24, 2.45) is 22.7 Å². The molecule has 1 aromatic carbocycles. The van der Waals surface area contributed by atoms with Gasteiger partial charge in [-0.2, -0.15) is 0 Å². The van der Waals surface area contributed by atoms with Crippen molar-refractivity contribution in [3.8, 4) is 0 Å². The molecule has 0 saturated heterocycles. The van der Waals surface area contributed by atoms with Crippen molar-refractivity contribution in [3.05, 3.63) is 87.6 Å². The van der Waals surface area contributed by atoms with E-state index >= 15 is 0 Å². The zero-order valence-corrected chi connectivity index (χ0v) is 20.8. The lowest BCUT2D eigenvalue weighted by molar-refractivity contribution is 0.289. The molecule has 0 radical (unpaired) electrons. The second-order valence-electron chi connectivity index (χ2n) is 11.4. The Labute approximate surface area is 194 Å². The van der Waals surface area contributed by atoms with Crippen LogP contribution in [-0.4, -0.2) is 0 Å². The first-order valence-electron chi connectivity index (χ1n) is 12.6.